The van der Waals surface area contributed by atoms with Crippen molar-refractivity contribution >= 4 is 16.6 Å². The van der Waals surface area contributed by atoms with Gasteiger partial charge in [-0.3, -0.25) is 0 Å². The van der Waals surface area contributed by atoms with Gasteiger partial charge in [-0.25, -0.2) is 4.98 Å². The van der Waals surface area contributed by atoms with Crippen molar-refractivity contribution in [2.75, 3.05) is 25.6 Å². The molecule has 1 aromatic heterocycles. The highest BCUT2D eigenvalue weighted by Crippen LogP contribution is 2.30. The molecule has 4 nitrogen and oxygen atoms in total. The second-order valence-corrected chi connectivity index (χ2v) is 5.30. The van der Waals surface area contributed by atoms with E-state index in [-0.39, 0.29) is 5.54 Å². The first-order chi connectivity index (χ1) is 8.99. The van der Waals surface area contributed by atoms with E-state index in [1.807, 2.05) is 37.5 Å². The lowest BCUT2D eigenvalue weighted by molar-refractivity contribution is 0.415. The van der Waals surface area contributed by atoms with E-state index in [0.29, 0.717) is 6.54 Å². The lowest BCUT2D eigenvalue weighted by Crippen LogP contribution is -2.47. The van der Waals surface area contributed by atoms with Crippen molar-refractivity contribution < 1.29 is 4.74 Å². The number of methoxy groups -OCH3 is 1. The topological polar surface area (TPSA) is 51.4 Å². The summed E-state index contributed by atoms with van der Waals surface area (Å²) in [7, 11) is 3.70. The van der Waals surface area contributed by atoms with Gasteiger partial charge in [-0.15, -0.1) is 0 Å². The SMILES string of the molecule is COc1ccc2c(N(C)C(C)(C)CN)nccc2c1. The van der Waals surface area contributed by atoms with E-state index >= 15 is 0 Å². The van der Waals surface area contributed by atoms with Gasteiger partial charge in [0.15, 0.2) is 0 Å². The molecule has 1 aromatic carbocycles. The quantitative estimate of drug-likeness (QED) is 0.916. The van der Waals surface area contributed by atoms with Gasteiger partial charge in [0.05, 0.1) is 7.11 Å². The number of likely N-dealkylation sites (N-methyl/N-ethyl adjacent to an activating group) is 1. The molecule has 0 aliphatic heterocycles. The minimum absolute atomic E-state index is 0.138. The Morgan fingerprint density at radius 2 is 2.05 bits per heavy atom. The van der Waals surface area contributed by atoms with Crippen LogP contribution in [0, 0.1) is 0 Å². The Morgan fingerprint density at radius 3 is 2.68 bits per heavy atom. The standard InChI is InChI=1S/C15H21N3O/c1-15(2,10-16)18(3)14-13-6-5-12(19-4)9-11(13)7-8-17-14/h5-9H,10,16H2,1-4H3. The Hall–Kier alpha value is -1.81. The van der Waals surface area contributed by atoms with Gasteiger partial charge in [0.25, 0.3) is 0 Å². The van der Waals surface area contributed by atoms with Crippen molar-refractivity contribution in [3.63, 3.8) is 0 Å². The summed E-state index contributed by atoms with van der Waals surface area (Å²) in [6.45, 7) is 4.78. The summed E-state index contributed by atoms with van der Waals surface area (Å²) < 4.78 is 5.26. The fourth-order valence-corrected chi connectivity index (χ4v) is 1.96. The molecule has 2 aromatic rings. The van der Waals surface area contributed by atoms with Crippen LogP contribution in [-0.2, 0) is 0 Å². The Bertz CT molecular complexity index is 581. The number of nitrogens with zero attached hydrogens (tertiary/aromatic N) is 2. The maximum Gasteiger partial charge on any atom is 0.136 e. The van der Waals surface area contributed by atoms with E-state index in [1.54, 1.807) is 7.11 Å². The zero-order chi connectivity index (χ0) is 14.0. The van der Waals surface area contributed by atoms with Crippen LogP contribution in [0.15, 0.2) is 30.5 Å². The van der Waals surface area contributed by atoms with E-state index in [4.69, 9.17) is 10.5 Å². The van der Waals surface area contributed by atoms with Crippen LogP contribution in [0.25, 0.3) is 10.8 Å². The van der Waals surface area contributed by atoms with E-state index in [1.165, 1.54) is 0 Å². The lowest BCUT2D eigenvalue weighted by Gasteiger charge is -2.36. The van der Waals surface area contributed by atoms with Crippen molar-refractivity contribution in [1.29, 1.82) is 0 Å². The van der Waals surface area contributed by atoms with Crippen LogP contribution < -0.4 is 15.4 Å². The number of benzene rings is 1. The van der Waals surface area contributed by atoms with E-state index < -0.39 is 0 Å². The fraction of sp³-hybridized carbons (Fsp3) is 0.400. The maximum atomic E-state index is 5.84. The highest BCUT2D eigenvalue weighted by atomic mass is 16.5. The summed E-state index contributed by atoms with van der Waals surface area (Å²) in [4.78, 5) is 6.63. The van der Waals surface area contributed by atoms with Gasteiger partial charge >= 0.3 is 0 Å². The summed E-state index contributed by atoms with van der Waals surface area (Å²) in [5.41, 5.74) is 5.71. The third-order valence-electron chi connectivity index (χ3n) is 3.68. The Morgan fingerprint density at radius 1 is 1.32 bits per heavy atom. The summed E-state index contributed by atoms with van der Waals surface area (Å²) in [5, 5.41) is 2.22. The van der Waals surface area contributed by atoms with E-state index in [0.717, 1.165) is 22.3 Å². The van der Waals surface area contributed by atoms with Crippen molar-refractivity contribution in [2.45, 2.75) is 19.4 Å². The van der Waals surface area contributed by atoms with Crippen LogP contribution in [0.5, 0.6) is 5.75 Å². The largest absolute Gasteiger partial charge is 0.497 e. The van der Waals surface area contributed by atoms with Crippen LogP contribution in [0.1, 0.15) is 13.8 Å². The molecule has 0 fully saturated rings. The number of anilines is 1. The molecule has 19 heavy (non-hydrogen) atoms. The Labute approximate surface area is 114 Å². The minimum atomic E-state index is -0.138. The molecule has 0 aliphatic rings. The summed E-state index contributed by atoms with van der Waals surface area (Å²) in [6, 6.07) is 8.00. The molecule has 0 spiro atoms. The van der Waals surface area contributed by atoms with Crippen LogP contribution in [-0.4, -0.2) is 31.2 Å². The third kappa shape index (κ3) is 2.49. The first-order valence-electron chi connectivity index (χ1n) is 6.36. The van der Waals surface area contributed by atoms with Gasteiger partial charge in [0, 0.05) is 30.7 Å². The number of fused-ring (bicyclic) bond motifs is 1. The van der Waals surface area contributed by atoms with Crippen molar-refractivity contribution in [2.24, 2.45) is 5.73 Å². The molecule has 2 rings (SSSR count). The van der Waals surface area contributed by atoms with Gasteiger partial charge in [0.2, 0.25) is 0 Å². The van der Waals surface area contributed by atoms with Crippen molar-refractivity contribution in [3.05, 3.63) is 30.5 Å². The Kier molecular flexibility index (Phi) is 3.62. The zero-order valence-corrected chi connectivity index (χ0v) is 12.0. The number of rotatable bonds is 4. The lowest BCUT2D eigenvalue weighted by atomic mass is 10.0. The predicted molar refractivity (Wildman–Crippen MR) is 79.8 cm³/mol. The van der Waals surface area contributed by atoms with Crippen LogP contribution >= 0.6 is 0 Å². The molecule has 0 bridgehead atoms. The minimum Gasteiger partial charge on any atom is -0.497 e. The molecule has 1 heterocycles. The van der Waals surface area contributed by atoms with Gasteiger partial charge in [-0.2, -0.15) is 0 Å². The number of nitrogens with two attached hydrogens (primary N) is 1. The molecular formula is C15H21N3O. The number of hydrogen-bond acceptors (Lipinski definition) is 4. The molecule has 102 valence electrons. The molecule has 0 saturated carbocycles. The molecule has 0 amide bonds. The molecular weight excluding hydrogens is 238 g/mol. The van der Waals surface area contributed by atoms with Crippen LogP contribution in [0.3, 0.4) is 0 Å². The highest BCUT2D eigenvalue weighted by Gasteiger charge is 2.24. The summed E-state index contributed by atoms with van der Waals surface area (Å²) in [5.74, 6) is 1.79. The van der Waals surface area contributed by atoms with Crippen molar-refractivity contribution in [3.8, 4) is 5.75 Å². The monoisotopic (exact) mass is 259 g/mol. The Balaban J connectivity index is 2.55. The van der Waals surface area contributed by atoms with Crippen LogP contribution in [0.2, 0.25) is 0 Å². The molecule has 0 unspecified atom stereocenters. The zero-order valence-electron chi connectivity index (χ0n) is 12.0. The summed E-state index contributed by atoms with van der Waals surface area (Å²) in [6.07, 6.45) is 1.82. The number of pyridine rings is 1. The first-order valence-corrected chi connectivity index (χ1v) is 6.36. The molecule has 2 N–H and O–H groups in total. The molecule has 0 radical (unpaired) electrons. The number of hydrogen-bond donors (Lipinski definition) is 1. The average molecular weight is 259 g/mol. The number of ether oxygens (including phenoxy) is 1. The highest BCUT2D eigenvalue weighted by molar-refractivity contribution is 5.93. The van der Waals surface area contributed by atoms with Gasteiger partial charge in [0.1, 0.15) is 11.6 Å². The number of aromatic nitrogens is 1. The van der Waals surface area contributed by atoms with E-state index in [2.05, 4.69) is 23.7 Å². The smallest absolute Gasteiger partial charge is 0.136 e. The second-order valence-electron chi connectivity index (χ2n) is 5.30. The van der Waals surface area contributed by atoms with E-state index in [9.17, 15) is 0 Å². The predicted octanol–water partition coefficient (Wildman–Crippen LogP) is 2.42. The van der Waals surface area contributed by atoms with Gasteiger partial charge in [-0.05, 0) is 43.5 Å². The van der Waals surface area contributed by atoms with Crippen LogP contribution in [0.4, 0.5) is 5.82 Å². The van der Waals surface area contributed by atoms with Gasteiger partial charge < -0.3 is 15.4 Å². The summed E-state index contributed by atoms with van der Waals surface area (Å²) >= 11 is 0. The maximum absolute atomic E-state index is 5.84. The molecule has 4 heteroatoms. The molecule has 0 atom stereocenters. The normalized spacial score (nSPS) is 11.6. The average Bonchev–Trinajstić information content (AvgIpc) is 2.45. The first kappa shape index (κ1) is 13.6. The third-order valence-corrected chi connectivity index (χ3v) is 3.68. The fourth-order valence-electron chi connectivity index (χ4n) is 1.96. The second kappa shape index (κ2) is 5.05. The molecule has 0 saturated heterocycles. The van der Waals surface area contributed by atoms with Crippen molar-refractivity contribution in [1.82, 2.24) is 4.98 Å². The van der Waals surface area contributed by atoms with Gasteiger partial charge in [-0.1, -0.05) is 0 Å². The molecule has 0 aliphatic carbocycles.